The third-order valence-corrected chi connectivity index (χ3v) is 8.10. The van der Waals surface area contributed by atoms with E-state index in [4.69, 9.17) is 0 Å². The van der Waals surface area contributed by atoms with Gasteiger partial charge in [0.2, 0.25) is 0 Å². The van der Waals surface area contributed by atoms with Gasteiger partial charge in [-0.25, -0.2) is 9.97 Å². The number of fused-ring (bicyclic) bond motifs is 2. The maximum absolute atomic E-state index is 12.9. The SMILES string of the molecule is Cc1c(CN2CCC(Nc3ncnc4c3N=C(CC(F)(F)F)C4)CC2)ccc2c1C=C(C#N)C2Cc1cn[nH]c1. The molecule has 0 spiro atoms. The Morgan fingerprint density at radius 2 is 2.02 bits per heavy atom. The van der Waals surface area contributed by atoms with Gasteiger partial charge in [-0.15, -0.1) is 0 Å². The van der Waals surface area contributed by atoms with Crippen LogP contribution in [0.25, 0.3) is 6.08 Å². The van der Waals surface area contributed by atoms with Crippen LogP contribution in [0.2, 0.25) is 0 Å². The second-order valence-electron chi connectivity index (χ2n) is 10.8. The molecular weight excluding hydrogens is 517 g/mol. The highest BCUT2D eigenvalue weighted by molar-refractivity contribution is 5.95. The van der Waals surface area contributed by atoms with Crippen LogP contribution in [0.15, 0.2) is 41.4 Å². The Balaban J connectivity index is 1.09. The number of H-pyrrole nitrogens is 1. The third-order valence-electron chi connectivity index (χ3n) is 8.10. The number of aliphatic imine (C=N–C) groups is 1. The highest BCUT2D eigenvalue weighted by atomic mass is 19.4. The number of allylic oxidation sites excluding steroid dienone is 1. The fraction of sp³-hybridized carbons (Fsp3) is 0.414. The molecular formula is C29H29F3N8. The van der Waals surface area contributed by atoms with Crippen molar-refractivity contribution in [2.24, 2.45) is 4.99 Å². The van der Waals surface area contributed by atoms with E-state index in [1.807, 2.05) is 18.5 Å². The van der Waals surface area contributed by atoms with Gasteiger partial charge in [0, 0.05) is 55.5 Å². The quantitative estimate of drug-likeness (QED) is 0.410. The third kappa shape index (κ3) is 5.36. The summed E-state index contributed by atoms with van der Waals surface area (Å²) < 4.78 is 38.6. The van der Waals surface area contributed by atoms with Crippen molar-refractivity contribution in [3.8, 4) is 6.07 Å². The van der Waals surface area contributed by atoms with Gasteiger partial charge in [0.25, 0.3) is 0 Å². The Labute approximate surface area is 230 Å². The first-order chi connectivity index (χ1) is 19.3. The van der Waals surface area contributed by atoms with E-state index in [0.29, 0.717) is 17.2 Å². The number of rotatable bonds is 7. The maximum Gasteiger partial charge on any atom is 0.394 e. The van der Waals surface area contributed by atoms with Crippen LogP contribution in [0, 0.1) is 18.3 Å². The lowest BCUT2D eigenvalue weighted by Gasteiger charge is -2.33. The number of aromatic nitrogens is 4. The summed E-state index contributed by atoms with van der Waals surface area (Å²) in [6, 6.07) is 6.91. The highest BCUT2D eigenvalue weighted by Crippen LogP contribution is 2.41. The van der Waals surface area contributed by atoms with E-state index in [-0.39, 0.29) is 24.1 Å². The van der Waals surface area contributed by atoms with Crippen molar-refractivity contribution in [2.75, 3.05) is 18.4 Å². The van der Waals surface area contributed by atoms with Gasteiger partial charge in [0.15, 0.2) is 5.82 Å². The largest absolute Gasteiger partial charge is 0.394 e. The predicted octanol–water partition coefficient (Wildman–Crippen LogP) is 5.41. The molecule has 1 fully saturated rings. The van der Waals surface area contributed by atoms with E-state index in [2.05, 4.69) is 60.5 Å². The summed E-state index contributed by atoms with van der Waals surface area (Å²) in [4.78, 5) is 15.1. The number of piperidine rings is 1. The molecule has 1 aliphatic carbocycles. The van der Waals surface area contributed by atoms with Crippen LogP contribution in [0.1, 0.15) is 58.7 Å². The van der Waals surface area contributed by atoms with E-state index in [9.17, 15) is 18.4 Å². The van der Waals surface area contributed by atoms with Gasteiger partial charge in [0.05, 0.1) is 24.4 Å². The van der Waals surface area contributed by atoms with Crippen molar-refractivity contribution in [2.45, 2.75) is 63.7 Å². The van der Waals surface area contributed by atoms with Crippen molar-refractivity contribution >= 4 is 23.3 Å². The van der Waals surface area contributed by atoms with E-state index < -0.39 is 12.6 Å². The number of hydrogen-bond acceptors (Lipinski definition) is 7. The first-order valence-corrected chi connectivity index (χ1v) is 13.4. The molecule has 1 unspecified atom stereocenters. The molecule has 0 bridgehead atoms. The summed E-state index contributed by atoms with van der Waals surface area (Å²) in [7, 11) is 0. The molecule has 11 heteroatoms. The first kappa shape index (κ1) is 26.2. The average Bonchev–Trinajstić information content (AvgIpc) is 3.66. The number of nitrogens with zero attached hydrogens (tertiary/aromatic N) is 6. The summed E-state index contributed by atoms with van der Waals surface area (Å²) in [5.41, 5.74) is 7.74. The molecule has 40 heavy (non-hydrogen) atoms. The molecule has 0 amide bonds. The number of hydrogen-bond donors (Lipinski definition) is 2. The van der Waals surface area contributed by atoms with E-state index in [1.165, 1.54) is 23.0 Å². The van der Waals surface area contributed by atoms with Crippen LogP contribution in [0.3, 0.4) is 0 Å². The van der Waals surface area contributed by atoms with E-state index in [1.54, 1.807) is 0 Å². The summed E-state index contributed by atoms with van der Waals surface area (Å²) in [6.45, 7) is 4.72. The Morgan fingerprint density at radius 3 is 2.75 bits per heavy atom. The van der Waals surface area contributed by atoms with Crippen molar-refractivity contribution in [3.05, 3.63) is 69.9 Å². The number of nitrogens with one attached hydrogen (secondary N) is 2. The maximum atomic E-state index is 12.9. The van der Waals surface area contributed by atoms with Gasteiger partial charge >= 0.3 is 6.18 Å². The topological polar surface area (TPSA) is 106 Å². The Bertz CT molecular complexity index is 1510. The van der Waals surface area contributed by atoms with Crippen molar-refractivity contribution < 1.29 is 13.2 Å². The molecule has 3 aliphatic rings. The molecule has 206 valence electrons. The fourth-order valence-corrected chi connectivity index (χ4v) is 6.00. The number of halogens is 3. The van der Waals surface area contributed by atoms with Crippen LogP contribution in [-0.4, -0.2) is 56.1 Å². The van der Waals surface area contributed by atoms with Gasteiger partial charge in [-0.3, -0.25) is 15.0 Å². The number of likely N-dealkylation sites (tertiary alicyclic amines) is 1. The highest BCUT2D eigenvalue weighted by Gasteiger charge is 2.33. The smallest absolute Gasteiger partial charge is 0.365 e. The number of alkyl halides is 3. The lowest BCUT2D eigenvalue weighted by Crippen LogP contribution is -2.39. The van der Waals surface area contributed by atoms with Crippen molar-refractivity contribution in [1.29, 1.82) is 5.26 Å². The molecule has 4 heterocycles. The van der Waals surface area contributed by atoms with Gasteiger partial charge in [-0.05, 0) is 60.1 Å². The Kier molecular flexibility index (Phi) is 6.88. The molecule has 2 aliphatic heterocycles. The molecule has 8 nitrogen and oxygen atoms in total. The minimum atomic E-state index is -4.29. The first-order valence-electron chi connectivity index (χ1n) is 13.4. The van der Waals surface area contributed by atoms with Gasteiger partial charge < -0.3 is 5.32 Å². The standard InChI is InChI=1S/C29H29F3N8/c1-17-19(2-3-23-24(17)9-20(12-33)25(23)8-18-13-36-37-14-18)15-40-6-4-21(5-7-40)39-28-27-26(34-16-35-28)10-22(38-27)11-29(30,31)32/h2-3,9,13-14,16,21,25H,4-8,10-11,15H2,1H3,(H,36,37)(H,34,35,39). The monoisotopic (exact) mass is 546 g/mol. The summed E-state index contributed by atoms with van der Waals surface area (Å²) >= 11 is 0. The number of benzene rings is 1. The zero-order valence-corrected chi connectivity index (χ0v) is 22.1. The van der Waals surface area contributed by atoms with Crippen LogP contribution in [-0.2, 0) is 19.4 Å². The summed E-state index contributed by atoms with van der Waals surface area (Å²) in [6.07, 6.45) is 4.42. The van der Waals surface area contributed by atoms with E-state index >= 15 is 0 Å². The zero-order valence-electron chi connectivity index (χ0n) is 22.1. The molecule has 2 aromatic heterocycles. The molecule has 0 radical (unpaired) electrons. The second kappa shape index (κ2) is 10.5. The minimum Gasteiger partial charge on any atom is -0.365 e. The molecule has 1 saturated heterocycles. The zero-order chi connectivity index (χ0) is 27.9. The van der Waals surface area contributed by atoms with Gasteiger partial charge in [-0.2, -0.15) is 23.5 Å². The van der Waals surface area contributed by atoms with Crippen LogP contribution in [0.5, 0.6) is 0 Å². The minimum absolute atomic E-state index is 0.0456. The average molecular weight is 547 g/mol. The molecule has 0 saturated carbocycles. The van der Waals surface area contributed by atoms with Crippen molar-refractivity contribution in [1.82, 2.24) is 25.1 Å². The van der Waals surface area contributed by atoms with Crippen LogP contribution < -0.4 is 5.32 Å². The summed E-state index contributed by atoms with van der Waals surface area (Å²) in [5, 5.41) is 20.1. The predicted molar refractivity (Wildman–Crippen MR) is 145 cm³/mol. The molecule has 1 aromatic carbocycles. The van der Waals surface area contributed by atoms with E-state index in [0.717, 1.165) is 55.6 Å². The van der Waals surface area contributed by atoms with Crippen molar-refractivity contribution in [3.63, 3.8) is 0 Å². The van der Waals surface area contributed by atoms with Gasteiger partial charge in [0.1, 0.15) is 12.0 Å². The molecule has 2 N–H and O–H groups in total. The van der Waals surface area contributed by atoms with Crippen LogP contribution in [0.4, 0.5) is 24.7 Å². The molecule has 3 aromatic rings. The van der Waals surface area contributed by atoms with Crippen LogP contribution >= 0.6 is 0 Å². The lowest BCUT2D eigenvalue weighted by molar-refractivity contribution is -0.121. The molecule has 1 atom stereocenters. The number of nitriles is 1. The Hall–Kier alpha value is -4.04. The van der Waals surface area contributed by atoms with Gasteiger partial charge in [-0.1, -0.05) is 12.1 Å². The number of anilines is 1. The lowest BCUT2D eigenvalue weighted by atomic mass is 9.88. The summed E-state index contributed by atoms with van der Waals surface area (Å²) in [5.74, 6) is 0.560. The normalized spacial score (nSPS) is 19.1. The second-order valence-corrected chi connectivity index (χ2v) is 10.8. The fourth-order valence-electron chi connectivity index (χ4n) is 6.00. The number of aromatic amines is 1. The Morgan fingerprint density at radius 1 is 1.20 bits per heavy atom. The molecule has 6 rings (SSSR count).